The van der Waals surface area contributed by atoms with Gasteiger partial charge in [-0.1, -0.05) is 0 Å². The molecule has 0 aromatic heterocycles. The van der Waals surface area contributed by atoms with E-state index in [2.05, 4.69) is 4.90 Å². The third-order valence-corrected chi connectivity index (χ3v) is 4.20. The minimum atomic E-state index is -0.389. The number of hydrogen-bond donors (Lipinski definition) is 0. The summed E-state index contributed by atoms with van der Waals surface area (Å²) in [5, 5.41) is 10.7. The van der Waals surface area contributed by atoms with Gasteiger partial charge in [0.15, 0.2) is 0 Å². The lowest BCUT2D eigenvalue weighted by Gasteiger charge is -2.37. The third-order valence-electron chi connectivity index (χ3n) is 4.20. The molecule has 0 amide bonds. The van der Waals surface area contributed by atoms with Crippen LogP contribution in [0.1, 0.15) is 19.8 Å². The topological polar surface area (TPSA) is 75.9 Å². The molecule has 7 heteroatoms. The monoisotopic (exact) mass is 321 g/mol. The van der Waals surface area contributed by atoms with Crippen LogP contribution in [0.2, 0.25) is 0 Å². The van der Waals surface area contributed by atoms with Gasteiger partial charge in [0.05, 0.1) is 18.1 Å². The van der Waals surface area contributed by atoms with Crippen LogP contribution in [0.4, 0.5) is 11.4 Å². The number of likely N-dealkylation sites (N-methyl/N-ethyl adjacent to an activating group) is 1. The van der Waals surface area contributed by atoms with Crippen LogP contribution in [-0.4, -0.2) is 55.1 Å². The Hall–Kier alpha value is -2.15. The molecular formula is C16H23N3O4. The fourth-order valence-electron chi connectivity index (χ4n) is 2.89. The van der Waals surface area contributed by atoms with Crippen molar-refractivity contribution >= 4 is 17.3 Å². The summed E-state index contributed by atoms with van der Waals surface area (Å²) in [4.78, 5) is 26.1. The van der Waals surface area contributed by atoms with Gasteiger partial charge in [-0.3, -0.25) is 19.8 Å². The van der Waals surface area contributed by atoms with Crippen molar-refractivity contribution in [3.63, 3.8) is 0 Å². The molecule has 7 nitrogen and oxygen atoms in total. The minimum absolute atomic E-state index is 0.109. The Kier molecular flexibility index (Phi) is 5.92. The Morgan fingerprint density at radius 2 is 1.96 bits per heavy atom. The smallest absolute Gasteiger partial charge is 0.320 e. The highest BCUT2D eigenvalue weighted by atomic mass is 16.6. The van der Waals surface area contributed by atoms with Crippen LogP contribution < -0.4 is 4.90 Å². The molecule has 1 fully saturated rings. The molecule has 23 heavy (non-hydrogen) atoms. The molecule has 0 aliphatic carbocycles. The van der Waals surface area contributed by atoms with Crippen LogP contribution in [0, 0.1) is 10.1 Å². The number of anilines is 1. The Morgan fingerprint density at radius 3 is 2.48 bits per heavy atom. The van der Waals surface area contributed by atoms with Gasteiger partial charge in [0.1, 0.15) is 0 Å². The lowest BCUT2D eigenvalue weighted by Crippen LogP contribution is -2.45. The second-order valence-electron chi connectivity index (χ2n) is 5.71. The third kappa shape index (κ3) is 4.66. The molecule has 0 radical (unpaired) electrons. The molecule has 126 valence electrons. The molecular weight excluding hydrogens is 298 g/mol. The van der Waals surface area contributed by atoms with Crippen LogP contribution in [-0.2, 0) is 9.53 Å². The summed E-state index contributed by atoms with van der Waals surface area (Å²) >= 11 is 0. The van der Waals surface area contributed by atoms with Crippen LogP contribution >= 0.6 is 0 Å². The molecule has 1 aromatic rings. The van der Waals surface area contributed by atoms with E-state index in [1.165, 1.54) is 12.1 Å². The molecule has 0 atom stereocenters. The summed E-state index contributed by atoms with van der Waals surface area (Å²) in [6, 6.07) is 7.01. The molecule has 2 rings (SSSR count). The zero-order valence-electron chi connectivity index (χ0n) is 13.6. The van der Waals surface area contributed by atoms with E-state index in [1.807, 2.05) is 11.9 Å². The van der Waals surface area contributed by atoms with Crippen molar-refractivity contribution in [1.29, 1.82) is 0 Å². The first-order valence-corrected chi connectivity index (χ1v) is 7.86. The normalized spacial score (nSPS) is 15.7. The molecule has 1 aliphatic heterocycles. The van der Waals surface area contributed by atoms with Gasteiger partial charge in [-0.05, 0) is 38.9 Å². The molecule has 0 saturated carbocycles. The average Bonchev–Trinajstić information content (AvgIpc) is 2.55. The summed E-state index contributed by atoms with van der Waals surface area (Å²) < 4.78 is 4.98. The molecule has 1 aliphatic rings. The van der Waals surface area contributed by atoms with Crippen molar-refractivity contribution < 1.29 is 14.5 Å². The molecule has 1 aromatic carbocycles. The molecule has 0 N–H and O–H groups in total. The predicted molar refractivity (Wildman–Crippen MR) is 87.6 cm³/mol. The zero-order valence-corrected chi connectivity index (χ0v) is 13.6. The maximum atomic E-state index is 11.5. The Labute approximate surface area is 136 Å². The highest BCUT2D eigenvalue weighted by Gasteiger charge is 2.24. The van der Waals surface area contributed by atoms with E-state index in [0.717, 1.165) is 31.6 Å². The molecule has 1 heterocycles. The second kappa shape index (κ2) is 7.92. The Balaban J connectivity index is 1.85. The highest BCUT2D eigenvalue weighted by molar-refractivity contribution is 5.71. The van der Waals surface area contributed by atoms with Gasteiger partial charge in [0.2, 0.25) is 0 Å². The van der Waals surface area contributed by atoms with E-state index in [0.29, 0.717) is 19.2 Å². The number of non-ortho nitro benzene ring substituents is 1. The maximum Gasteiger partial charge on any atom is 0.320 e. The molecule has 0 bridgehead atoms. The number of hydrogen-bond acceptors (Lipinski definition) is 6. The van der Waals surface area contributed by atoms with E-state index in [4.69, 9.17) is 4.74 Å². The van der Waals surface area contributed by atoms with Crippen molar-refractivity contribution in [3.8, 4) is 0 Å². The Bertz CT molecular complexity index is 539. The van der Waals surface area contributed by atoms with Gasteiger partial charge < -0.3 is 9.64 Å². The fraction of sp³-hybridized carbons (Fsp3) is 0.562. The van der Waals surface area contributed by atoms with Crippen LogP contribution in [0.15, 0.2) is 24.3 Å². The first-order valence-electron chi connectivity index (χ1n) is 7.86. The van der Waals surface area contributed by atoms with Crippen LogP contribution in [0.3, 0.4) is 0 Å². The number of nitro benzene ring substituents is 1. The Morgan fingerprint density at radius 1 is 1.35 bits per heavy atom. The fourth-order valence-corrected chi connectivity index (χ4v) is 2.89. The molecule has 1 saturated heterocycles. The summed E-state index contributed by atoms with van der Waals surface area (Å²) in [6.07, 6.45) is 1.90. The lowest BCUT2D eigenvalue weighted by atomic mass is 10.0. The largest absolute Gasteiger partial charge is 0.465 e. The SMILES string of the molecule is CCOC(=O)CN(C)C1CCN(c2ccc([N+](=O)[O-])cc2)CC1. The minimum Gasteiger partial charge on any atom is -0.465 e. The maximum absolute atomic E-state index is 11.5. The summed E-state index contributed by atoms with van der Waals surface area (Å²) in [7, 11) is 1.95. The van der Waals surface area contributed by atoms with E-state index in [-0.39, 0.29) is 16.6 Å². The number of nitrogens with zero attached hydrogens (tertiary/aromatic N) is 3. The van der Waals surface area contributed by atoms with E-state index >= 15 is 0 Å². The van der Waals surface area contributed by atoms with E-state index in [9.17, 15) is 14.9 Å². The number of rotatable bonds is 6. The highest BCUT2D eigenvalue weighted by Crippen LogP contribution is 2.24. The number of piperidine rings is 1. The first kappa shape index (κ1) is 17.2. The average molecular weight is 321 g/mol. The van der Waals surface area contributed by atoms with E-state index < -0.39 is 0 Å². The zero-order chi connectivity index (χ0) is 16.8. The number of nitro groups is 1. The van der Waals surface area contributed by atoms with Crippen LogP contribution in [0.5, 0.6) is 0 Å². The summed E-state index contributed by atoms with van der Waals surface area (Å²) in [5.41, 5.74) is 1.11. The lowest BCUT2D eigenvalue weighted by molar-refractivity contribution is -0.384. The number of ether oxygens (including phenoxy) is 1. The number of benzene rings is 1. The van der Waals surface area contributed by atoms with Gasteiger partial charge >= 0.3 is 5.97 Å². The number of carbonyl (C=O) groups excluding carboxylic acids is 1. The summed E-state index contributed by atoms with van der Waals surface area (Å²) in [6.45, 7) is 4.27. The number of carbonyl (C=O) groups is 1. The van der Waals surface area contributed by atoms with Crippen molar-refractivity contribution in [3.05, 3.63) is 34.4 Å². The van der Waals surface area contributed by atoms with Gasteiger partial charge in [-0.15, -0.1) is 0 Å². The predicted octanol–water partition coefficient (Wildman–Crippen LogP) is 2.06. The van der Waals surface area contributed by atoms with Crippen molar-refractivity contribution in [2.75, 3.05) is 38.2 Å². The molecule has 0 unspecified atom stereocenters. The van der Waals surface area contributed by atoms with Crippen LogP contribution in [0.25, 0.3) is 0 Å². The number of esters is 1. The first-order chi connectivity index (χ1) is 11.0. The van der Waals surface area contributed by atoms with Gasteiger partial charge in [0.25, 0.3) is 5.69 Å². The van der Waals surface area contributed by atoms with Crippen molar-refractivity contribution in [2.45, 2.75) is 25.8 Å². The van der Waals surface area contributed by atoms with Gasteiger partial charge in [-0.25, -0.2) is 0 Å². The van der Waals surface area contributed by atoms with E-state index in [1.54, 1.807) is 19.1 Å². The summed E-state index contributed by atoms with van der Waals surface area (Å²) in [5.74, 6) is -0.187. The quantitative estimate of drug-likeness (QED) is 0.453. The van der Waals surface area contributed by atoms with Gasteiger partial charge in [0, 0.05) is 37.0 Å². The van der Waals surface area contributed by atoms with Gasteiger partial charge in [-0.2, -0.15) is 0 Å². The second-order valence-corrected chi connectivity index (χ2v) is 5.71. The van der Waals surface area contributed by atoms with Crippen molar-refractivity contribution in [2.24, 2.45) is 0 Å². The van der Waals surface area contributed by atoms with Crippen molar-refractivity contribution in [1.82, 2.24) is 4.90 Å². The standard InChI is InChI=1S/C16H23N3O4/c1-3-23-16(20)12-17(2)13-8-10-18(11-9-13)14-4-6-15(7-5-14)19(21)22/h4-7,13H,3,8-12H2,1-2H3. The molecule has 0 spiro atoms.